The molecule has 1 spiro atoms. The highest BCUT2D eigenvalue weighted by Crippen LogP contribution is 2.39. The molecule has 26 heavy (non-hydrogen) atoms. The highest BCUT2D eigenvalue weighted by atomic mass is 16.3. The van der Waals surface area contributed by atoms with E-state index < -0.39 is 0 Å². The molecule has 6 heteroatoms. The van der Waals surface area contributed by atoms with Crippen LogP contribution < -0.4 is 0 Å². The van der Waals surface area contributed by atoms with Crippen LogP contribution in [0.25, 0.3) is 0 Å². The number of rotatable bonds is 4. The van der Waals surface area contributed by atoms with Gasteiger partial charge in [-0.2, -0.15) is 0 Å². The first-order chi connectivity index (χ1) is 12.4. The Morgan fingerprint density at radius 3 is 2.81 bits per heavy atom. The molecule has 0 bridgehead atoms. The summed E-state index contributed by atoms with van der Waals surface area (Å²) in [5.41, 5.74) is 0.374. The average molecular weight is 359 g/mol. The normalized spacial score (nSPS) is 23.7. The molecule has 3 heterocycles. The Labute approximate surface area is 155 Å². The van der Waals surface area contributed by atoms with Gasteiger partial charge in [-0.3, -0.25) is 9.59 Å². The Bertz CT molecular complexity index is 659. The number of pyridine rings is 1. The standard InChI is InChI=1S/C20H29N3O3/c1-15(2)7-11-22-13-20(9-6-18(22)25)8-3-10-23(14-20)19(26)17-5-4-16(24)12-21-17/h4-5,12,15,24H,3,6-11,13-14H2,1-2H3/t20-/m0/s1. The lowest BCUT2D eigenvalue weighted by Gasteiger charge is -2.48. The monoisotopic (exact) mass is 359 g/mol. The fraction of sp³-hybridized carbons (Fsp3) is 0.650. The second-order valence-corrected chi connectivity index (χ2v) is 8.23. The molecule has 1 aromatic rings. The Hall–Kier alpha value is -2.11. The van der Waals surface area contributed by atoms with E-state index in [-0.39, 0.29) is 23.0 Å². The van der Waals surface area contributed by atoms with Gasteiger partial charge in [-0.15, -0.1) is 0 Å². The minimum atomic E-state index is -0.0882. The van der Waals surface area contributed by atoms with E-state index in [0.29, 0.717) is 24.6 Å². The van der Waals surface area contributed by atoms with Gasteiger partial charge in [0.15, 0.2) is 0 Å². The third-order valence-corrected chi connectivity index (χ3v) is 5.64. The summed E-state index contributed by atoms with van der Waals surface area (Å²) in [6.45, 7) is 7.33. The van der Waals surface area contributed by atoms with Crippen LogP contribution >= 0.6 is 0 Å². The van der Waals surface area contributed by atoms with E-state index in [1.165, 1.54) is 12.3 Å². The van der Waals surface area contributed by atoms with E-state index >= 15 is 0 Å². The third kappa shape index (κ3) is 4.17. The number of nitrogens with zero attached hydrogens (tertiary/aromatic N) is 3. The van der Waals surface area contributed by atoms with Crippen LogP contribution in [0.1, 0.15) is 56.4 Å². The average Bonchev–Trinajstić information content (AvgIpc) is 2.63. The predicted octanol–water partition coefficient (Wildman–Crippen LogP) is 2.68. The molecule has 2 aliphatic heterocycles. The summed E-state index contributed by atoms with van der Waals surface area (Å²) in [5, 5.41) is 9.37. The molecular formula is C20H29N3O3. The quantitative estimate of drug-likeness (QED) is 0.897. The van der Waals surface area contributed by atoms with Gasteiger partial charge >= 0.3 is 0 Å². The van der Waals surface area contributed by atoms with E-state index in [2.05, 4.69) is 18.8 Å². The number of carbonyl (C=O) groups is 2. The SMILES string of the molecule is CC(C)CCN1C[C@]2(CCCN(C(=O)c3ccc(O)cn3)C2)CCC1=O. The fourth-order valence-electron chi connectivity index (χ4n) is 4.11. The molecule has 0 aliphatic carbocycles. The summed E-state index contributed by atoms with van der Waals surface area (Å²) < 4.78 is 0. The van der Waals surface area contributed by atoms with Crippen molar-refractivity contribution in [3.8, 4) is 5.75 Å². The highest BCUT2D eigenvalue weighted by Gasteiger charge is 2.42. The number of piperidine rings is 2. The Morgan fingerprint density at radius 2 is 2.12 bits per heavy atom. The second-order valence-electron chi connectivity index (χ2n) is 8.23. The molecule has 0 radical (unpaired) electrons. The number of amides is 2. The lowest BCUT2D eigenvalue weighted by atomic mass is 9.73. The van der Waals surface area contributed by atoms with Crippen LogP contribution in [-0.2, 0) is 4.79 Å². The topological polar surface area (TPSA) is 73.7 Å². The molecule has 2 fully saturated rings. The summed E-state index contributed by atoms with van der Waals surface area (Å²) in [7, 11) is 0. The number of hydrogen-bond acceptors (Lipinski definition) is 4. The first-order valence-electron chi connectivity index (χ1n) is 9.61. The maximum Gasteiger partial charge on any atom is 0.272 e. The van der Waals surface area contributed by atoms with Crippen molar-refractivity contribution in [3.05, 3.63) is 24.0 Å². The van der Waals surface area contributed by atoms with Crippen LogP contribution in [-0.4, -0.2) is 57.9 Å². The second kappa shape index (κ2) is 7.64. The first kappa shape index (κ1) is 18.7. The van der Waals surface area contributed by atoms with Gasteiger partial charge in [0.05, 0.1) is 6.20 Å². The van der Waals surface area contributed by atoms with Gasteiger partial charge in [-0.1, -0.05) is 13.8 Å². The van der Waals surface area contributed by atoms with Crippen molar-refractivity contribution in [2.24, 2.45) is 11.3 Å². The van der Waals surface area contributed by atoms with Crippen molar-refractivity contribution < 1.29 is 14.7 Å². The van der Waals surface area contributed by atoms with Gasteiger partial charge in [-0.25, -0.2) is 4.98 Å². The van der Waals surface area contributed by atoms with Crippen molar-refractivity contribution in [3.63, 3.8) is 0 Å². The molecule has 0 aromatic carbocycles. The van der Waals surface area contributed by atoms with E-state index in [1.807, 2.05) is 9.80 Å². The summed E-state index contributed by atoms with van der Waals surface area (Å²) >= 11 is 0. The zero-order valence-corrected chi connectivity index (χ0v) is 15.8. The molecule has 2 aliphatic rings. The molecule has 2 saturated heterocycles. The minimum Gasteiger partial charge on any atom is -0.506 e. The number of carbonyl (C=O) groups excluding carboxylic acids is 2. The highest BCUT2D eigenvalue weighted by molar-refractivity contribution is 5.92. The number of aromatic hydroxyl groups is 1. The smallest absolute Gasteiger partial charge is 0.272 e. The Morgan fingerprint density at radius 1 is 1.31 bits per heavy atom. The largest absolute Gasteiger partial charge is 0.506 e. The Balaban J connectivity index is 1.69. The van der Waals surface area contributed by atoms with Crippen LogP contribution in [0, 0.1) is 11.3 Å². The fourth-order valence-corrected chi connectivity index (χ4v) is 4.11. The number of hydrogen-bond donors (Lipinski definition) is 1. The van der Waals surface area contributed by atoms with Gasteiger partial charge in [0.2, 0.25) is 5.91 Å². The molecule has 1 aromatic heterocycles. The van der Waals surface area contributed by atoms with Crippen LogP contribution in [0.2, 0.25) is 0 Å². The summed E-state index contributed by atoms with van der Waals surface area (Å²) in [6, 6.07) is 3.06. The molecule has 6 nitrogen and oxygen atoms in total. The van der Waals surface area contributed by atoms with Gasteiger partial charge in [0.1, 0.15) is 11.4 Å². The van der Waals surface area contributed by atoms with Crippen molar-refractivity contribution in [1.82, 2.24) is 14.8 Å². The Kier molecular flexibility index (Phi) is 5.49. The van der Waals surface area contributed by atoms with Crippen molar-refractivity contribution in [2.75, 3.05) is 26.2 Å². The minimum absolute atomic E-state index is 0.00964. The predicted molar refractivity (Wildman–Crippen MR) is 98.7 cm³/mol. The molecule has 142 valence electrons. The lowest BCUT2D eigenvalue weighted by molar-refractivity contribution is -0.139. The van der Waals surface area contributed by atoms with Gasteiger partial charge < -0.3 is 14.9 Å². The molecule has 1 atom stereocenters. The summed E-state index contributed by atoms with van der Waals surface area (Å²) in [4.78, 5) is 33.1. The van der Waals surface area contributed by atoms with Crippen LogP contribution in [0.5, 0.6) is 5.75 Å². The number of aromatic nitrogens is 1. The van der Waals surface area contributed by atoms with Gasteiger partial charge in [0, 0.05) is 38.0 Å². The van der Waals surface area contributed by atoms with E-state index in [4.69, 9.17) is 0 Å². The summed E-state index contributed by atoms with van der Waals surface area (Å²) in [5.74, 6) is 0.795. The lowest BCUT2D eigenvalue weighted by Crippen LogP contribution is -2.55. The maximum absolute atomic E-state index is 12.8. The molecule has 2 amide bonds. The van der Waals surface area contributed by atoms with E-state index in [9.17, 15) is 14.7 Å². The number of likely N-dealkylation sites (tertiary alicyclic amines) is 2. The van der Waals surface area contributed by atoms with Crippen molar-refractivity contribution in [1.29, 1.82) is 0 Å². The molecule has 0 unspecified atom stereocenters. The van der Waals surface area contributed by atoms with Gasteiger partial charge in [-0.05, 0) is 43.7 Å². The van der Waals surface area contributed by atoms with Crippen LogP contribution in [0.15, 0.2) is 18.3 Å². The summed E-state index contributed by atoms with van der Waals surface area (Å²) in [6.07, 6.45) is 5.78. The maximum atomic E-state index is 12.8. The van der Waals surface area contributed by atoms with Crippen LogP contribution in [0.3, 0.4) is 0 Å². The molecule has 1 N–H and O–H groups in total. The molecular weight excluding hydrogens is 330 g/mol. The van der Waals surface area contributed by atoms with Crippen LogP contribution in [0.4, 0.5) is 0 Å². The molecule has 3 rings (SSSR count). The van der Waals surface area contributed by atoms with E-state index in [1.54, 1.807) is 6.07 Å². The van der Waals surface area contributed by atoms with Crippen molar-refractivity contribution in [2.45, 2.75) is 46.0 Å². The third-order valence-electron chi connectivity index (χ3n) is 5.64. The zero-order chi connectivity index (χ0) is 18.7. The first-order valence-corrected chi connectivity index (χ1v) is 9.61. The van der Waals surface area contributed by atoms with Crippen molar-refractivity contribution >= 4 is 11.8 Å². The zero-order valence-electron chi connectivity index (χ0n) is 15.8. The van der Waals surface area contributed by atoms with Gasteiger partial charge in [0.25, 0.3) is 5.91 Å². The molecule has 0 saturated carbocycles. The van der Waals surface area contributed by atoms with E-state index in [0.717, 1.165) is 45.3 Å².